The predicted octanol–water partition coefficient (Wildman–Crippen LogP) is 2.29. The fraction of sp³-hybridized carbons (Fsp3) is 0.300. The first-order valence-electron chi connectivity index (χ1n) is 4.22. The molecule has 0 N–H and O–H groups in total. The first kappa shape index (κ1) is 9.12. The molecule has 2 nitrogen and oxygen atoms in total. The molecule has 1 aromatic rings. The summed E-state index contributed by atoms with van der Waals surface area (Å²) < 4.78 is 31.3. The second-order valence-electron chi connectivity index (χ2n) is 3.21. The third-order valence-corrected chi connectivity index (χ3v) is 2.25. The normalized spacial score (nSPS) is 23.9. The number of ether oxygens (including phenoxy) is 1. The van der Waals surface area contributed by atoms with E-state index in [1.54, 1.807) is 6.07 Å². The summed E-state index contributed by atoms with van der Waals surface area (Å²) in [4.78, 5) is 11.3. The number of hydrogen-bond donors (Lipinski definition) is 0. The fourth-order valence-electron chi connectivity index (χ4n) is 1.39. The van der Waals surface area contributed by atoms with E-state index in [2.05, 4.69) is 0 Å². The van der Waals surface area contributed by atoms with Gasteiger partial charge in [-0.2, -0.15) is 8.78 Å². The minimum atomic E-state index is -3.42. The van der Waals surface area contributed by atoms with E-state index in [1.165, 1.54) is 25.1 Å². The highest BCUT2D eigenvalue weighted by Crippen LogP contribution is 2.36. The van der Waals surface area contributed by atoms with Crippen LogP contribution in [-0.4, -0.2) is 17.8 Å². The third kappa shape index (κ3) is 1.10. The van der Waals surface area contributed by atoms with Crippen molar-refractivity contribution in [3.05, 3.63) is 29.8 Å². The lowest BCUT2D eigenvalue weighted by Crippen LogP contribution is -2.46. The van der Waals surface area contributed by atoms with Crippen LogP contribution in [0.2, 0.25) is 0 Å². The number of rotatable bonds is 0. The quantitative estimate of drug-likeness (QED) is 0.639. The highest BCUT2D eigenvalue weighted by molar-refractivity contribution is 6.04. The lowest BCUT2D eigenvalue weighted by atomic mass is 9.98. The monoisotopic (exact) mass is 198 g/mol. The van der Waals surface area contributed by atoms with Crippen LogP contribution in [0.5, 0.6) is 5.75 Å². The van der Waals surface area contributed by atoms with E-state index in [4.69, 9.17) is 4.74 Å². The Morgan fingerprint density at radius 2 is 2.00 bits per heavy atom. The molecule has 0 radical (unpaired) electrons. The summed E-state index contributed by atoms with van der Waals surface area (Å²) in [6.45, 7) is 1.19. The standard InChI is InChI=1S/C10H8F2O2/c1-6-10(11,12)9(13)7-4-2-3-5-8(7)14-6/h2-6H,1H3. The summed E-state index contributed by atoms with van der Waals surface area (Å²) in [6, 6.07) is 6.03. The minimum absolute atomic E-state index is 0.0457. The molecule has 0 amide bonds. The molecule has 2 rings (SSSR count). The van der Waals surface area contributed by atoms with Gasteiger partial charge in [-0.15, -0.1) is 0 Å². The summed E-state index contributed by atoms with van der Waals surface area (Å²) in [5.74, 6) is -4.35. The molecule has 0 aromatic heterocycles. The van der Waals surface area contributed by atoms with E-state index >= 15 is 0 Å². The smallest absolute Gasteiger partial charge is 0.345 e. The van der Waals surface area contributed by atoms with Gasteiger partial charge in [0.05, 0.1) is 5.56 Å². The molecule has 0 bridgehead atoms. The molecule has 4 heteroatoms. The summed E-state index contributed by atoms with van der Waals surface area (Å²) in [6.07, 6.45) is -1.40. The Kier molecular flexibility index (Phi) is 1.80. The predicted molar refractivity (Wildman–Crippen MR) is 45.8 cm³/mol. The van der Waals surface area contributed by atoms with Crippen molar-refractivity contribution in [2.45, 2.75) is 19.0 Å². The highest BCUT2D eigenvalue weighted by atomic mass is 19.3. The summed E-state index contributed by atoms with van der Waals surface area (Å²) in [5.41, 5.74) is -0.0457. The second kappa shape index (κ2) is 2.77. The molecular weight excluding hydrogens is 190 g/mol. The van der Waals surface area contributed by atoms with Crippen LogP contribution in [0.25, 0.3) is 0 Å². The molecule has 1 atom stereocenters. The lowest BCUT2D eigenvalue weighted by molar-refractivity contribution is -0.0662. The molecule has 74 valence electrons. The number of hydrogen-bond acceptors (Lipinski definition) is 2. The number of carbonyl (C=O) groups excluding carboxylic acids is 1. The Balaban J connectivity index is 2.55. The molecule has 1 aliphatic rings. The number of ketones is 1. The van der Waals surface area contributed by atoms with Crippen molar-refractivity contribution in [3.63, 3.8) is 0 Å². The average Bonchev–Trinajstić information content (AvgIpc) is 2.15. The fourth-order valence-corrected chi connectivity index (χ4v) is 1.39. The van der Waals surface area contributed by atoms with Gasteiger partial charge in [-0.3, -0.25) is 4.79 Å². The largest absolute Gasteiger partial charge is 0.483 e. The Bertz CT molecular complexity index is 387. The molecule has 1 heterocycles. The molecule has 1 aromatic carbocycles. The van der Waals surface area contributed by atoms with Gasteiger partial charge in [0.2, 0.25) is 5.78 Å². The van der Waals surface area contributed by atoms with E-state index in [0.29, 0.717) is 0 Å². The SMILES string of the molecule is CC1Oc2ccccc2C(=O)C1(F)F. The van der Waals surface area contributed by atoms with Gasteiger partial charge < -0.3 is 4.74 Å². The molecule has 14 heavy (non-hydrogen) atoms. The van der Waals surface area contributed by atoms with Crippen LogP contribution in [0.15, 0.2) is 24.3 Å². The second-order valence-corrected chi connectivity index (χ2v) is 3.21. The first-order valence-corrected chi connectivity index (χ1v) is 4.22. The molecule has 0 aliphatic carbocycles. The molecule has 0 saturated heterocycles. The van der Waals surface area contributed by atoms with Gasteiger partial charge in [0, 0.05) is 0 Å². The van der Waals surface area contributed by atoms with Crippen molar-refractivity contribution >= 4 is 5.78 Å². The number of alkyl halides is 2. The van der Waals surface area contributed by atoms with Crippen LogP contribution in [0.3, 0.4) is 0 Å². The molecular formula is C10H8F2O2. The first-order chi connectivity index (χ1) is 6.53. The maximum atomic E-state index is 13.2. The van der Waals surface area contributed by atoms with E-state index in [-0.39, 0.29) is 11.3 Å². The Morgan fingerprint density at radius 3 is 2.71 bits per heavy atom. The zero-order chi connectivity index (χ0) is 10.3. The van der Waals surface area contributed by atoms with Gasteiger partial charge in [0.15, 0.2) is 6.10 Å². The van der Waals surface area contributed by atoms with E-state index in [0.717, 1.165) is 0 Å². The maximum absolute atomic E-state index is 13.2. The van der Waals surface area contributed by atoms with Gasteiger partial charge in [-0.05, 0) is 19.1 Å². The molecule has 1 unspecified atom stereocenters. The van der Waals surface area contributed by atoms with Crippen LogP contribution < -0.4 is 4.74 Å². The Morgan fingerprint density at radius 1 is 1.36 bits per heavy atom. The summed E-state index contributed by atoms with van der Waals surface area (Å²) in [7, 11) is 0. The number of benzene rings is 1. The number of fused-ring (bicyclic) bond motifs is 1. The molecule has 1 aliphatic heterocycles. The highest BCUT2D eigenvalue weighted by Gasteiger charge is 2.50. The number of para-hydroxylation sites is 1. The van der Waals surface area contributed by atoms with Crippen LogP contribution >= 0.6 is 0 Å². The zero-order valence-electron chi connectivity index (χ0n) is 7.46. The van der Waals surface area contributed by atoms with Gasteiger partial charge in [0.25, 0.3) is 0 Å². The zero-order valence-corrected chi connectivity index (χ0v) is 7.46. The van der Waals surface area contributed by atoms with Crippen LogP contribution in [0.4, 0.5) is 8.78 Å². The van der Waals surface area contributed by atoms with E-state index in [1.807, 2.05) is 0 Å². The minimum Gasteiger partial charge on any atom is -0.483 e. The number of carbonyl (C=O) groups is 1. The topological polar surface area (TPSA) is 26.3 Å². The van der Waals surface area contributed by atoms with Gasteiger partial charge in [-0.25, -0.2) is 0 Å². The van der Waals surface area contributed by atoms with Gasteiger partial charge in [0.1, 0.15) is 5.75 Å². The third-order valence-electron chi connectivity index (χ3n) is 2.25. The lowest BCUT2D eigenvalue weighted by Gasteiger charge is -2.29. The van der Waals surface area contributed by atoms with Crippen molar-refractivity contribution in [1.82, 2.24) is 0 Å². The van der Waals surface area contributed by atoms with Crippen molar-refractivity contribution in [3.8, 4) is 5.75 Å². The van der Waals surface area contributed by atoms with E-state index < -0.39 is 17.8 Å². The number of halogens is 2. The average molecular weight is 198 g/mol. The van der Waals surface area contributed by atoms with Crippen LogP contribution in [0.1, 0.15) is 17.3 Å². The summed E-state index contributed by atoms with van der Waals surface area (Å²) in [5, 5.41) is 0. The van der Waals surface area contributed by atoms with Crippen molar-refractivity contribution in [2.75, 3.05) is 0 Å². The van der Waals surface area contributed by atoms with Crippen molar-refractivity contribution in [2.24, 2.45) is 0 Å². The molecule has 0 spiro atoms. The van der Waals surface area contributed by atoms with Crippen LogP contribution in [0, 0.1) is 0 Å². The Hall–Kier alpha value is -1.45. The van der Waals surface area contributed by atoms with Gasteiger partial charge >= 0.3 is 5.92 Å². The molecule has 0 saturated carbocycles. The van der Waals surface area contributed by atoms with Crippen molar-refractivity contribution in [1.29, 1.82) is 0 Å². The van der Waals surface area contributed by atoms with Gasteiger partial charge in [-0.1, -0.05) is 12.1 Å². The summed E-state index contributed by atoms with van der Waals surface area (Å²) >= 11 is 0. The molecule has 0 fully saturated rings. The van der Waals surface area contributed by atoms with Crippen molar-refractivity contribution < 1.29 is 18.3 Å². The maximum Gasteiger partial charge on any atom is 0.345 e. The Labute approximate surface area is 79.5 Å². The van der Waals surface area contributed by atoms with Crippen LogP contribution in [-0.2, 0) is 0 Å². The van der Waals surface area contributed by atoms with E-state index in [9.17, 15) is 13.6 Å². The number of Topliss-reactive ketones (excluding diaryl/α,β-unsaturated/α-hetero) is 1.